The lowest BCUT2D eigenvalue weighted by molar-refractivity contribution is 1.13. The fourth-order valence-corrected chi connectivity index (χ4v) is 1.69. The topological polar surface area (TPSA) is 26.0 Å². The Morgan fingerprint density at radius 2 is 0.824 bits per heavy atom. The fourth-order valence-electron chi connectivity index (χ4n) is 1.69. The van der Waals surface area contributed by atoms with Crippen LogP contribution in [0.4, 0.5) is 0 Å². The second kappa shape index (κ2) is 6.48. The van der Waals surface area contributed by atoms with Crippen LogP contribution in [-0.4, -0.2) is 0 Å². The van der Waals surface area contributed by atoms with Crippen LogP contribution in [-0.2, 0) is 0 Å². The molecule has 0 saturated heterocycles. The second-order valence-corrected chi connectivity index (χ2v) is 4.78. The van der Waals surface area contributed by atoms with Gasteiger partial charge in [-0.05, 0) is 88.8 Å². The van der Waals surface area contributed by atoms with Crippen molar-refractivity contribution in [2.75, 3.05) is 0 Å². The summed E-state index contributed by atoms with van der Waals surface area (Å²) in [6, 6.07) is 0. The Labute approximate surface area is 107 Å². The van der Waals surface area contributed by atoms with E-state index in [9.17, 15) is 0 Å². The van der Waals surface area contributed by atoms with E-state index in [-0.39, 0.29) is 0 Å². The minimum Gasteiger partial charge on any atom is -0.403 e. The Balaban J connectivity index is 0.000000437. The quantitative estimate of drug-likeness (QED) is 0.706. The number of nitrogens with two attached hydrogens (primary N) is 1. The van der Waals surface area contributed by atoms with E-state index in [4.69, 9.17) is 5.73 Å². The summed E-state index contributed by atoms with van der Waals surface area (Å²) in [5.41, 5.74) is 14.8. The predicted octanol–water partition coefficient (Wildman–Crippen LogP) is 4.41. The number of allylic oxidation sites excluding steroid dienone is 2. The van der Waals surface area contributed by atoms with Gasteiger partial charge in [-0.2, -0.15) is 0 Å². The van der Waals surface area contributed by atoms with Gasteiger partial charge < -0.3 is 5.73 Å². The van der Waals surface area contributed by atoms with Crippen molar-refractivity contribution >= 4 is 0 Å². The molecule has 96 valence electrons. The summed E-state index contributed by atoms with van der Waals surface area (Å²) in [5, 5.41) is 0. The SMILES string of the molecule is C/C=C(/C)N.Cc1c(C)c(C)c(C)c(C)c1C. The van der Waals surface area contributed by atoms with Crippen molar-refractivity contribution in [3.8, 4) is 0 Å². The highest BCUT2D eigenvalue weighted by atomic mass is 14.5. The molecule has 1 aromatic carbocycles. The van der Waals surface area contributed by atoms with E-state index < -0.39 is 0 Å². The molecule has 0 radical (unpaired) electrons. The average molecular weight is 233 g/mol. The van der Waals surface area contributed by atoms with E-state index in [1.54, 1.807) is 0 Å². The predicted molar refractivity (Wildman–Crippen MR) is 78.5 cm³/mol. The minimum atomic E-state index is 0.880. The van der Waals surface area contributed by atoms with Crippen LogP contribution in [0.3, 0.4) is 0 Å². The molecule has 2 N–H and O–H groups in total. The second-order valence-electron chi connectivity index (χ2n) is 4.78. The molecule has 0 spiro atoms. The molecule has 0 aliphatic heterocycles. The van der Waals surface area contributed by atoms with Gasteiger partial charge in [-0.1, -0.05) is 6.08 Å². The minimum absolute atomic E-state index is 0.880. The van der Waals surface area contributed by atoms with Gasteiger partial charge in [0.1, 0.15) is 0 Å². The third-order valence-corrected chi connectivity index (χ3v) is 3.83. The molecule has 1 heteroatoms. The van der Waals surface area contributed by atoms with Crippen molar-refractivity contribution in [3.63, 3.8) is 0 Å². The fraction of sp³-hybridized carbons (Fsp3) is 0.500. The van der Waals surface area contributed by atoms with Crippen molar-refractivity contribution in [2.24, 2.45) is 5.73 Å². The van der Waals surface area contributed by atoms with Gasteiger partial charge in [0.15, 0.2) is 0 Å². The summed E-state index contributed by atoms with van der Waals surface area (Å²) < 4.78 is 0. The normalized spacial score (nSPS) is 10.9. The van der Waals surface area contributed by atoms with E-state index in [0.717, 1.165) is 5.70 Å². The van der Waals surface area contributed by atoms with Crippen molar-refractivity contribution in [3.05, 3.63) is 45.2 Å². The molecule has 0 atom stereocenters. The first kappa shape index (κ1) is 15.8. The Morgan fingerprint density at radius 1 is 0.706 bits per heavy atom. The molecule has 1 aromatic rings. The molecule has 0 bridgehead atoms. The van der Waals surface area contributed by atoms with Crippen molar-refractivity contribution in [2.45, 2.75) is 55.4 Å². The van der Waals surface area contributed by atoms with Gasteiger partial charge in [0, 0.05) is 5.70 Å². The summed E-state index contributed by atoms with van der Waals surface area (Å²) in [7, 11) is 0. The molecule has 0 saturated carbocycles. The van der Waals surface area contributed by atoms with Crippen molar-refractivity contribution in [1.29, 1.82) is 0 Å². The van der Waals surface area contributed by atoms with Crippen LogP contribution in [0.5, 0.6) is 0 Å². The first-order valence-corrected chi connectivity index (χ1v) is 6.15. The summed E-state index contributed by atoms with van der Waals surface area (Å²) >= 11 is 0. The highest BCUT2D eigenvalue weighted by Gasteiger charge is 2.07. The van der Waals surface area contributed by atoms with Gasteiger partial charge in [-0.15, -0.1) is 0 Å². The van der Waals surface area contributed by atoms with E-state index in [2.05, 4.69) is 41.5 Å². The van der Waals surface area contributed by atoms with Gasteiger partial charge in [0.25, 0.3) is 0 Å². The largest absolute Gasteiger partial charge is 0.403 e. The number of hydrogen-bond donors (Lipinski definition) is 1. The third kappa shape index (κ3) is 3.92. The molecular formula is C16H27N. The maximum Gasteiger partial charge on any atom is 0.000552 e. The van der Waals surface area contributed by atoms with Gasteiger partial charge >= 0.3 is 0 Å². The molecule has 1 rings (SSSR count). The summed E-state index contributed by atoms with van der Waals surface area (Å²) in [5.74, 6) is 0. The highest BCUT2D eigenvalue weighted by Crippen LogP contribution is 2.24. The molecule has 17 heavy (non-hydrogen) atoms. The zero-order chi connectivity index (χ0) is 13.7. The molecule has 1 nitrogen and oxygen atoms in total. The van der Waals surface area contributed by atoms with Crippen molar-refractivity contribution < 1.29 is 0 Å². The van der Waals surface area contributed by atoms with E-state index in [1.807, 2.05) is 19.9 Å². The van der Waals surface area contributed by atoms with Crippen LogP contribution in [0.1, 0.15) is 47.2 Å². The zero-order valence-electron chi connectivity index (χ0n) is 12.7. The Hall–Kier alpha value is -1.24. The van der Waals surface area contributed by atoms with Gasteiger partial charge in [0.2, 0.25) is 0 Å². The van der Waals surface area contributed by atoms with Crippen LogP contribution >= 0.6 is 0 Å². The Bertz CT molecular complexity index is 317. The maximum absolute atomic E-state index is 5.15. The van der Waals surface area contributed by atoms with E-state index in [0.29, 0.717) is 0 Å². The summed E-state index contributed by atoms with van der Waals surface area (Å²) in [6.45, 7) is 17.0. The van der Waals surface area contributed by atoms with Gasteiger partial charge in [-0.3, -0.25) is 0 Å². The van der Waals surface area contributed by atoms with Gasteiger partial charge in [0.05, 0.1) is 0 Å². The molecule has 0 aliphatic rings. The molecule has 0 amide bonds. The van der Waals surface area contributed by atoms with Crippen LogP contribution in [0, 0.1) is 41.5 Å². The van der Waals surface area contributed by atoms with Crippen LogP contribution in [0.2, 0.25) is 0 Å². The van der Waals surface area contributed by atoms with Crippen LogP contribution in [0.15, 0.2) is 11.8 Å². The smallest absolute Gasteiger partial charge is 0.000552 e. The number of benzene rings is 1. The number of rotatable bonds is 0. The maximum atomic E-state index is 5.15. The van der Waals surface area contributed by atoms with E-state index in [1.165, 1.54) is 33.4 Å². The zero-order valence-corrected chi connectivity index (χ0v) is 12.7. The molecule has 0 aromatic heterocycles. The van der Waals surface area contributed by atoms with Crippen molar-refractivity contribution in [1.82, 2.24) is 0 Å². The Morgan fingerprint density at radius 3 is 0.882 bits per heavy atom. The van der Waals surface area contributed by atoms with Crippen LogP contribution in [0.25, 0.3) is 0 Å². The summed E-state index contributed by atoms with van der Waals surface area (Å²) in [6.07, 6.45) is 1.86. The average Bonchev–Trinajstić information content (AvgIpc) is 2.32. The van der Waals surface area contributed by atoms with Gasteiger partial charge in [-0.25, -0.2) is 0 Å². The lowest BCUT2D eigenvalue weighted by Crippen LogP contribution is -1.98. The highest BCUT2D eigenvalue weighted by molar-refractivity contribution is 5.48. The lowest BCUT2D eigenvalue weighted by atomic mass is 9.90. The summed E-state index contributed by atoms with van der Waals surface area (Å²) in [4.78, 5) is 0. The first-order chi connectivity index (χ1) is 7.73. The Kier molecular flexibility index (Phi) is 6.01. The number of hydrogen-bond acceptors (Lipinski definition) is 1. The molecule has 0 aliphatic carbocycles. The lowest BCUT2D eigenvalue weighted by Gasteiger charge is -2.15. The standard InChI is InChI=1S/C12H18.C4H9N/c1-7-8(2)10(4)12(6)11(5)9(7)3;1-3-4(2)5/h1-6H3;3H,5H2,1-2H3/b;4-3-. The molecular weight excluding hydrogens is 206 g/mol. The van der Waals surface area contributed by atoms with Crippen LogP contribution < -0.4 is 5.73 Å². The molecule has 0 unspecified atom stereocenters. The monoisotopic (exact) mass is 233 g/mol. The first-order valence-electron chi connectivity index (χ1n) is 6.15. The molecule has 0 fully saturated rings. The molecule has 0 heterocycles. The third-order valence-electron chi connectivity index (χ3n) is 3.83. The van der Waals surface area contributed by atoms with E-state index >= 15 is 0 Å².